The smallest absolute Gasteiger partial charge is 0.305 e. The molecule has 94 valence electrons. The fourth-order valence-electron chi connectivity index (χ4n) is 1.60. The van der Waals surface area contributed by atoms with Gasteiger partial charge in [-0.1, -0.05) is 0 Å². The lowest BCUT2D eigenvalue weighted by Crippen LogP contribution is -2.01. The predicted octanol–water partition coefficient (Wildman–Crippen LogP) is 2.20. The minimum absolute atomic E-state index is 0.188. The molecular weight excluding hydrogens is 220 g/mol. The minimum atomic E-state index is -0.188. The second-order valence-corrected chi connectivity index (χ2v) is 3.61. The molecule has 0 aliphatic rings. The monoisotopic (exact) mass is 238 g/mol. The summed E-state index contributed by atoms with van der Waals surface area (Å²) in [4.78, 5) is 11.0. The Balaban J connectivity index is 2.64. The fraction of sp³-hybridized carbons (Fsp3) is 0.462. The van der Waals surface area contributed by atoms with E-state index in [0.29, 0.717) is 6.42 Å². The van der Waals surface area contributed by atoms with Gasteiger partial charge >= 0.3 is 5.97 Å². The second-order valence-electron chi connectivity index (χ2n) is 3.61. The van der Waals surface area contributed by atoms with Crippen molar-refractivity contribution < 1.29 is 19.0 Å². The molecule has 0 aliphatic heterocycles. The normalized spacial score (nSPS) is 9.82. The van der Waals surface area contributed by atoms with E-state index in [0.717, 1.165) is 29.9 Å². The molecule has 0 aromatic heterocycles. The first-order valence-electron chi connectivity index (χ1n) is 5.49. The van der Waals surface area contributed by atoms with Gasteiger partial charge in [0.25, 0.3) is 0 Å². The SMILES string of the molecule is COC(=O)CCCc1cc(OC)ccc1OC. The van der Waals surface area contributed by atoms with Crippen LogP contribution >= 0.6 is 0 Å². The van der Waals surface area contributed by atoms with Gasteiger partial charge in [0.2, 0.25) is 0 Å². The average Bonchev–Trinajstić information content (AvgIpc) is 2.38. The van der Waals surface area contributed by atoms with Gasteiger partial charge in [0.15, 0.2) is 0 Å². The van der Waals surface area contributed by atoms with Gasteiger partial charge in [-0.15, -0.1) is 0 Å². The van der Waals surface area contributed by atoms with Crippen molar-refractivity contribution in [3.05, 3.63) is 23.8 Å². The van der Waals surface area contributed by atoms with Gasteiger partial charge in [-0.05, 0) is 36.6 Å². The van der Waals surface area contributed by atoms with Crippen LogP contribution in [0.1, 0.15) is 18.4 Å². The third-order valence-electron chi connectivity index (χ3n) is 2.54. The zero-order valence-electron chi connectivity index (χ0n) is 10.5. The molecule has 0 N–H and O–H groups in total. The molecule has 0 bridgehead atoms. The maximum atomic E-state index is 11.0. The summed E-state index contributed by atoms with van der Waals surface area (Å²) < 4.78 is 15.0. The Morgan fingerprint density at radius 3 is 2.53 bits per heavy atom. The Bertz CT molecular complexity index is 374. The summed E-state index contributed by atoms with van der Waals surface area (Å²) in [5.74, 6) is 1.42. The van der Waals surface area contributed by atoms with E-state index >= 15 is 0 Å². The van der Waals surface area contributed by atoms with E-state index in [-0.39, 0.29) is 5.97 Å². The van der Waals surface area contributed by atoms with Gasteiger partial charge in [0, 0.05) is 6.42 Å². The molecule has 1 rings (SSSR count). The molecule has 17 heavy (non-hydrogen) atoms. The van der Waals surface area contributed by atoms with Crippen LogP contribution in [0.25, 0.3) is 0 Å². The van der Waals surface area contributed by atoms with Crippen LogP contribution in [-0.4, -0.2) is 27.3 Å². The van der Waals surface area contributed by atoms with Gasteiger partial charge in [0.1, 0.15) is 11.5 Å². The maximum Gasteiger partial charge on any atom is 0.305 e. The topological polar surface area (TPSA) is 44.8 Å². The summed E-state index contributed by atoms with van der Waals surface area (Å²) in [6.07, 6.45) is 1.91. The molecular formula is C13H18O4. The summed E-state index contributed by atoms with van der Waals surface area (Å²) in [5.41, 5.74) is 1.04. The van der Waals surface area contributed by atoms with Crippen LogP contribution in [0, 0.1) is 0 Å². The fourth-order valence-corrected chi connectivity index (χ4v) is 1.60. The Labute approximate surface area is 101 Å². The van der Waals surface area contributed by atoms with E-state index in [4.69, 9.17) is 9.47 Å². The zero-order chi connectivity index (χ0) is 12.7. The van der Waals surface area contributed by atoms with Crippen LogP contribution < -0.4 is 9.47 Å². The first kappa shape index (κ1) is 13.4. The summed E-state index contributed by atoms with van der Waals surface area (Å²) >= 11 is 0. The quantitative estimate of drug-likeness (QED) is 0.713. The maximum absolute atomic E-state index is 11.0. The van der Waals surface area contributed by atoms with Crippen LogP contribution in [0.15, 0.2) is 18.2 Å². The third kappa shape index (κ3) is 3.98. The van der Waals surface area contributed by atoms with E-state index < -0.39 is 0 Å². The number of ether oxygens (including phenoxy) is 3. The predicted molar refractivity (Wildman–Crippen MR) is 64.5 cm³/mol. The number of benzene rings is 1. The zero-order valence-corrected chi connectivity index (χ0v) is 10.5. The molecule has 0 heterocycles. The van der Waals surface area contributed by atoms with Crippen LogP contribution in [0.3, 0.4) is 0 Å². The molecule has 0 spiro atoms. The molecule has 0 amide bonds. The highest BCUT2D eigenvalue weighted by atomic mass is 16.5. The summed E-state index contributed by atoms with van der Waals surface area (Å²) in [6, 6.07) is 5.64. The number of carbonyl (C=O) groups excluding carboxylic acids is 1. The number of aryl methyl sites for hydroxylation is 1. The van der Waals surface area contributed by atoms with Crippen molar-refractivity contribution in [3.63, 3.8) is 0 Å². The number of carbonyl (C=O) groups is 1. The Hall–Kier alpha value is -1.71. The molecule has 0 atom stereocenters. The highest BCUT2D eigenvalue weighted by Gasteiger charge is 2.06. The Morgan fingerprint density at radius 1 is 1.18 bits per heavy atom. The highest BCUT2D eigenvalue weighted by Crippen LogP contribution is 2.25. The summed E-state index contributed by atoms with van der Waals surface area (Å²) in [7, 11) is 4.65. The van der Waals surface area contributed by atoms with Crippen molar-refractivity contribution in [2.75, 3.05) is 21.3 Å². The number of hydrogen-bond donors (Lipinski definition) is 0. The van der Waals surface area contributed by atoms with Crippen molar-refractivity contribution in [1.82, 2.24) is 0 Å². The number of hydrogen-bond acceptors (Lipinski definition) is 4. The Kier molecular flexibility index (Phi) is 5.33. The Morgan fingerprint density at radius 2 is 1.94 bits per heavy atom. The molecule has 4 nitrogen and oxygen atoms in total. The lowest BCUT2D eigenvalue weighted by Gasteiger charge is -2.10. The lowest BCUT2D eigenvalue weighted by molar-refractivity contribution is -0.140. The van der Waals surface area contributed by atoms with E-state index in [1.807, 2.05) is 18.2 Å². The minimum Gasteiger partial charge on any atom is -0.497 e. The highest BCUT2D eigenvalue weighted by molar-refractivity contribution is 5.69. The van der Waals surface area contributed by atoms with Crippen LogP contribution in [0.5, 0.6) is 11.5 Å². The van der Waals surface area contributed by atoms with Gasteiger partial charge in [-0.25, -0.2) is 0 Å². The molecule has 1 aromatic carbocycles. The van der Waals surface area contributed by atoms with E-state index in [9.17, 15) is 4.79 Å². The van der Waals surface area contributed by atoms with Crippen molar-refractivity contribution in [3.8, 4) is 11.5 Å². The molecule has 0 saturated heterocycles. The van der Waals surface area contributed by atoms with Gasteiger partial charge in [-0.2, -0.15) is 0 Å². The molecule has 0 aliphatic carbocycles. The molecule has 0 fully saturated rings. The standard InChI is InChI=1S/C13H18O4/c1-15-11-7-8-12(16-2)10(9-11)5-4-6-13(14)17-3/h7-9H,4-6H2,1-3H3. The van der Waals surface area contributed by atoms with Gasteiger partial charge in [-0.3, -0.25) is 4.79 Å². The van der Waals surface area contributed by atoms with Gasteiger partial charge < -0.3 is 14.2 Å². The van der Waals surface area contributed by atoms with Crippen molar-refractivity contribution in [2.45, 2.75) is 19.3 Å². The first-order chi connectivity index (χ1) is 8.21. The molecule has 0 unspecified atom stereocenters. The van der Waals surface area contributed by atoms with Crippen LogP contribution in [0.4, 0.5) is 0 Å². The van der Waals surface area contributed by atoms with Crippen molar-refractivity contribution in [1.29, 1.82) is 0 Å². The largest absolute Gasteiger partial charge is 0.497 e. The van der Waals surface area contributed by atoms with E-state index in [2.05, 4.69) is 4.74 Å². The first-order valence-corrected chi connectivity index (χ1v) is 5.49. The van der Waals surface area contributed by atoms with E-state index in [1.54, 1.807) is 14.2 Å². The second kappa shape index (κ2) is 6.78. The number of methoxy groups -OCH3 is 3. The molecule has 4 heteroatoms. The van der Waals surface area contributed by atoms with Crippen LogP contribution in [0.2, 0.25) is 0 Å². The molecule has 0 saturated carbocycles. The number of rotatable bonds is 6. The average molecular weight is 238 g/mol. The van der Waals surface area contributed by atoms with Crippen LogP contribution in [-0.2, 0) is 16.0 Å². The number of esters is 1. The van der Waals surface area contributed by atoms with Crippen molar-refractivity contribution in [2.24, 2.45) is 0 Å². The lowest BCUT2D eigenvalue weighted by atomic mass is 10.1. The summed E-state index contributed by atoms with van der Waals surface area (Å²) in [5, 5.41) is 0. The third-order valence-corrected chi connectivity index (χ3v) is 2.54. The molecule has 1 aromatic rings. The molecule has 0 radical (unpaired) electrons. The summed E-state index contributed by atoms with van der Waals surface area (Å²) in [6.45, 7) is 0. The van der Waals surface area contributed by atoms with Crippen molar-refractivity contribution >= 4 is 5.97 Å². The van der Waals surface area contributed by atoms with E-state index in [1.165, 1.54) is 7.11 Å². The van der Waals surface area contributed by atoms with Gasteiger partial charge in [0.05, 0.1) is 21.3 Å².